The van der Waals surface area contributed by atoms with E-state index in [4.69, 9.17) is 30.4 Å². The van der Waals surface area contributed by atoms with Crippen LogP contribution in [0.25, 0.3) is 0 Å². The number of hydrogen-bond acceptors (Lipinski definition) is 12. The number of hydrogen-bond donors (Lipinski definition) is 4. The number of methoxy groups -OCH3 is 2. The number of ether oxygens (including phenoxy) is 4. The van der Waals surface area contributed by atoms with Gasteiger partial charge in [-0.05, 0) is 75.0 Å². The Bertz CT molecular complexity index is 1060. The second kappa shape index (κ2) is 15.6. The number of amides is 2. The predicted molar refractivity (Wildman–Crippen MR) is 164 cm³/mol. The molecule has 0 saturated heterocycles. The zero-order valence-electron chi connectivity index (χ0n) is 27.9. The van der Waals surface area contributed by atoms with Gasteiger partial charge in [0, 0.05) is 0 Å². The SMILES string of the molecule is COC(=O)[C@H](CC(C)C)NC(=O)[C@@H](N)COC(=O)C12CC3CC(C1)CC(C(=O)OC[C@H](N)C(=O)N[C@@H](CC(C)C)C(=O)OC)(C3)C2. The Morgan fingerprint density at radius 3 is 1.33 bits per heavy atom. The van der Waals surface area contributed by atoms with Gasteiger partial charge in [-0.2, -0.15) is 0 Å². The van der Waals surface area contributed by atoms with Gasteiger partial charge < -0.3 is 41.0 Å². The summed E-state index contributed by atoms with van der Waals surface area (Å²) in [4.78, 5) is 76.8. The molecule has 2 amide bonds. The monoisotopic (exact) mass is 652 g/mol. The van der Waals surface area contributed by atoms with Gasteiger partial charge >= 0.3 is 23.9 Å². The molecule has 14 heteroatoms. The van der Waals surface area contributed by atoms with Gasteiger partial charge in [0.25, 0.3) is 0 Å². The van der Waals surface area contributed by atoms with Crippen molar-refractivity contribution in [2.45, 2.75) is 103 Å². The lowest BCUT2D eigenvalue weighted by molar-refractivity contribution is -0.194. The van der Waals surface area contributed by atoms with Crippen LogP contribution < -0.4 is 22.1 Å². The molecule has 0 radical (unpaired) electrons. The van der Waals surface area contributed by atoms with E-state index in [0.29, 0.717) is 38.5 Å². The average molecular weight is 653 g/mol. The van der Waals surface area contributed by atoms with Crippen molar-refractivity contribution in [3.8, 4) is 0 Å². The number of esters is 4. The molecule has 4 atom stereocenters. The van der Waals surface area contributed by atoms with Crippen LogP contribution >= 0.6 is 0 Å². The van der Waals surface area contributed by atoms with Gasteiger partial charge in [0.15, 0.2) is 0 Å². The number of carbonyl (C=O) groups excluding carboxylic acids is 6. The minimum Gasteiger partial charge on any atom is -0.467 e. The highest BCUT2D eigenvalue weighted by Gasteiger charge is 2.64. The molecule has 4 fully saturated rings. The van der Waals surface area contributed by atoms with Crippen molar-refractivity contribution in [2.24, 2.45) is 46.0 Å². The molecule has 0 aromatic carbocycles. The lowest BCUT2D eigenvalue weighted by Gasteiger charge is -2.59. The normalized spacial score (nSPS) is 27.3. The fourth-order valence-electron chi connectivity index (χ4n) is 7.74. The third-order valence-electron chi connectivity index (χ3n) is 9.41. The highest BCUT2D eigenvalue weighted by molar-refractivity contribution is 5.89. The largest absolute Gasteiger partial charge is 0.467 e. The lowest BCUT2D eigenvalue weighted by Crippen LogP contribution is -2.59. The van der Waals surface area contributed by atoms with E-state index in [-0.39, 0.29) is 43.3 Å². The van der Waals surface area contributed by atoms with Crippen molar-refractivity contribution >= 4 is 35.7 Å². The molecular formula is C32H52N4O10. The summed E-state index contributed by atoms with van der Waals surface area (Å²) >= 11 is 0. The molecule has 0 heterocycles. The third-order valence-corrected chi connectivity index (χ3v) is 9.41. The van der Waals surface area contributed by atoms with Crippen LogP contribution in [0.5, 0.6) is 0 Å². The van der Waals surface area contributed by atoms with Crippen LogP contribution in [-0.2, 0) is 47.7 Å². The first-order valence-corrected chi connectivity index (χ1v) is 16.2. The Morgan fingerprint density at radius 2 is 1.02 bits per heavy atom. The summed E-state index contributed by atoms with van der Waals surface area (Å²) in [6, 6.07) is -4.16. The molecular weight excluding hydrogens is 600 g/mol. The first-order valence-electron chi connectivity index (χ1n) is 16.2. The Labute approximate surface area is 270 Å². The van der Waals surface area contributed by atoms with Crippen LogP contribution in [0.4, 0.5) is 0 Å². The second-order valence-corrected chi connectivity index (χ2v) is 14.4. The Hall–Kier alpha value is -3.26. The van der Waals surface area contributed by atoms with Crippen molar-refractivity contribution in [3.63, 3.8) is 0 Å². The van der Waals surface area contributed by atoms with Crippen LogP contribution in [0.1, 0.15) is 79.1 Å². The zero-order valence-corrected chi connectivity index (χ0v) is 27.9. The summed E-state index contributed by atoms with van der Waals surface area (Å²) in [5.41, 5.74) is 10.2. The first-order chi connectivity index (χ1) is 21.5. The van der Waals surface area contributed by atoms with E-state index in [0.717, 1.165) is 6.42 Å². The molecule has 4 saturated carbocycles. The third kappa shape index (κ3) is 8.96. The van der Waals surface area contributed by atoms with E-state index in [2.05, 4.69) is 10.6 Å². The standard InChI is InChI=1S/C32H52N4O10/c1-17(2)7-23(27(39)43-5)35-25(37)21(33)14-45-29(41)31-10-19-9-20(11-31)13-32(12-19,16-31)30(42)46-15-22(34)26(38)36-24(8-18(3)4)28(40)44-6/h17-24H,7-16,33-34H2,1-6H3,(H,35,37)(H,36,38)/t19?,20?,21-,22-,23-,24-,31?,32?/m0/s1. The molecule has 4 rings (SSSR count). The van der Waals surface area contributed by atoms with Crippen molar-refractivity contribution in [2.75, 3.05) is 27.4 Å². The molecule has 4 aliphatic rings. The highest BCUT2D eigenvalue weighted by Crippen LogP contribution is 2.66. The molecule has 46 heavy (non-hydrogen) atoms. The number of nitrogens with one attached hydrogen (secondary N) is 2. The fourth-order valence-corrected chi connectivity index (χ4v) is 7.74. The van der Waals surface area contributed by atoms with E-state index in [9.17, 15) is 28.8 Å². The summed E-state index contributed by atoms with van der Waals surface area (Å²) in [6.07, 6.45) is 4.07. The molecule has 4 bridgehead atoms. The summed E-state index contributed by atoms with van der Waals surface area (Å²) in [5, 5.41) is 5.17. The topological polar surface area (TPSA) is 215 Å². The summed E-state index contributed by atoms with van der Waals surface area (Å²) in [7, 11) is 2.47. The van der Waals surface area contributed by atoms with E-state index in [1.165, 1.54) is 14.2 Å². The molecule has 0 aromatic rings. The molecule has 260 valence electrons. The van der Waals surface area contributed by atoms with Crippen LogP contribution in [0.2, 0.25) is 0 Å². The Balaban J connectivity index is 1.60. The fraction of sp³-hybridized carbons (Fsp3) is 0.812. The number of nitrogens with two attached hydrogens (primary N) is 2. The van der Waals surface area contributed by atoms with Crippen molar-refractivity contribution in [1.82, 2.24) is 10.6 Å². The van der Waals surface area contributed by atoms with Crippen LogP contribution in [0.15, 0.2) is 0 Å². The van der Waals surface area contributed by atoms with E-state index >= 15 is 0 Å². The van der Waals surface area contributed by atoms with E-state index in [1.54, 1.807) is 0 Å². The van der Waals surface area contributed by atoms with Gasteiger partial charge in [-0.1, -0.05) is 27.7 Å². The first kappa shape index (κ1) is 37.2. The van der Waals surface area contributed by atoms with Crippen molar-refractivity contribution in [1.29, 1.82) is 0 Å². The van der Waals surface area contributed by atoms with Crippen LogP contribution in [0, 0.1) is 34.5 Å². The number of carbonyl (C=O) groups is 6. The quantitative estimate of drug-likeness (QED) is 0.134. The minimum absolute atomic E-state index is 0.107. The van der Waals surface area contributed by atoms with Gasteiger partial charge in [-0.15, -0.1) is 0 Å². The molecule has 0 spiro atoms. The molecule has 0 unspecified atom stereocenters. The van der Waals surface area contributed by atoms with Crippen molar-refractivity contribution < 1.29 is 47.7 Å². The molecule has 14 nitrogen and oxygen atoms in total. The average Bonchev–Trinajstić information content (AvgIpc) is 2.99. The highest BCUT2D eigenvalue weighted by atomic mass is 16.5. The van der Waals surface area contributed by atoms with Gasteiger partial charge in [0.1, 0.15) is 37.4 Å². The van der Waals surface area contributed by atoms with Crippen molar-refractivity contribution in [3.05, 3.63) is 0 Å². The lowest BCUT2D eigenvalue weighted by atomic mass is 9.44. The van der Waals surface area contributed by atoms with Gasteiger partial charge in [-0.3, -0.25) is 19.2 Å². The van der Waals surface area contributed by atoms with Gasteiger partial charge in [0.05, 0.1) is 25.0 Å². The molecule has 0 aromatic heterocycles. The van der Waals surface area contributed by atoms with E-state index < -0.39 is 70.7 Å². The van der Waals surface area contributed by atoms with E-state index in [1.807, 2.05) is 27.7 Å². The maximum atomic E-state index is 13.6. The Kier molecular flexibility index (Phi) is 12.6. The zero-order chi connectivity index (χ0) is 34.4. The van der Waals surface area contributed by atoms with Gasteiger partial charge in [-0.25, -0.2) is 9.59 Å². The Morgan fingerprint density at radius 1 is 0.674 bits per heavy atom. The summed E-state index contributed by atoms with van der Waals surface area (Å²) < 4.78 is 20.8. The molecule has 0 aliphatic heterocycles. The van der Waals surface area contributed by atoms with Crippen LogP contribution in [0.3, 0.4) is 0 Å². The van der Waals surface area contributed by atoms with Crippen LogP contribution in [-0.4, -0.2) is 87.3 Å². The number of rotatable bonds is 16. The van der Waals surface area contributed by atoms with Gasteiger partial charge in [0.2, 0.25) is 11.8 Å². The minimum atomic E-state index is -1.21. The maximum Gasteiger partial charge on any atom is 0.328 e. The predicted octanol–water partition coefficient (Wildman–Crippen LogP) is 0.722. The molecule has 4 aliphatic carbocycles. The second-order valence-electron chi connectivity index (χ2n) is 14.4. The molecule has 6 N–H and O–H groups in total. The smallest absolute Gasteiger partial charge is 0.328 e. The summed E-state index contributed by atoms with van der Waals surface area (Å²) in [6.45, 7) is 6.84. The summed E-state index contributed by atoms with van der Waals surface area (Å²) in [5.74, 6) is -3.04. The maximum absolute atomic E-state index is 13.6.